The van der Waals surface area contributed by atoms with E-state index in [-0.39, 0.29) is 5.69 Å². The van der Waals surface area contributed by atoms with E-state index in [9.17, 15) is 5.26 Å². The van der Waals surface area contributed by atoms with Gasteiger partial charge in [0.15, 0.2) is 11.6 Å². The van der Waals surface area contributed by atoms with Crippen molar-refractivity contribution >= 4 is 5.88 Å². The monoisotopic (exact) mass is 368 g/mol. The summed E-state index contributed by atoms with van der Waals surface area (Å²) in [6.07, 6.45) is 3.38. The standard InChI is InChI=1S/C18H20N6O3/c1-2-4-15-21-16(27-22-15)12-23-6-8-24(9-7-23)18-13(11-19)20-17(26-18)14-5-3-10-25-14/h3,5,10H,2,4,6-9,12H2,1H3. The van der Waals surface area contributed by atoms with E-state index in [2.05, 4.69) is 33.0 Å². The van der Waals surface area contributed by atoms with Crippen LogP contribution in [0.4, 0.5) is 5.88 Å². The van der Waals surface area contributed by atoms with Gasteiger partial charge in [-0.2, -0.15) is 15.2 Å². The Morgan fingerprint density at radius 1 is 1.22 bits per heavy atom. The van der Waals surface area contributed by atoms with E-state index in [0.717, 1.165) is 44.8 Å². The molecule has 0 spiro atoms. The number of furan rings is 1. The van der Waals surface area contributed by atoms with Crippen molar-refractivity contribution in [1.82, 2.24) is 20.0 Å². The average Bonchev–Trinajstić information content (AvgIpc) is 3.43. The molecule has 4 rings (SSSR count). The Morgan fingerprint density at radius 3 is 2.78 bits per heavy atom. The molecule has 4 heterocycles. The number of aryl methyl sites for hydroxylation is 1. The Labute approximate surface area is 156 Å². The van der Waals surface area contributed by atoms with Gasteiger partial charge in [0.1, 0.15) is 6.07 Å². The van der Waals surface area contributed by atoms with Crippen LogP contribution in [0.1, 0.15) is 30.8 Å². The van der Waals surface area contributed by atoms with Gasteiger partial charge in [-0.25, -0.2) is 0 Å². The van der Waals surface area contributed by atoms with Crippen molar-refractivity contribution in [3.05, 3.63) is 35.8 Å². The van der Waals surface area contributed by atoms with Gasteiger partial charge >= 0.3 is 0 Å². The molecule has 0 N–H and O–H groups in total. The molecule has 3 aromatic rings. The van der Waals surface area contributed by atoms with Crippen LogP contribution in [0.15, 0.2) is 31.8 Å². The van der Waals surface area contributed by atoms with Crippen molar-refractivity contribution < 1.29 is 13.4 Å². The number of anilines is 1. The van der Waals surface area contributed by atoms with E-state index in [1.807, 2.05) is 4.90 Å². The number of hydrogen-bond acceptors (Lipinski definition) is 9. The molecular weight excluding hydrogens is 348 g/mol. The number of nitriles is 1. The van der Waals surface area contributed by atoms with Crippen LogP contribution < -0.4 is 4.90 Å². The third-order valence-electron chi connectivity index (χ3n) is 4.45. The molecule has 140 valence electrons. The summed E-state index contributed by atoms with van der Waals surface area (Å²) >= 11 is 0. The van der Waals surface area contributed by atoms with Crippen LogP contribution >= 0.6 is 0 Å². The molecule has 27 heavy (non-hydrogen) atoms. The lowest BCUT2D eigenvalue weighted by atomic mass is 10.3. The number of hydrogen-bond donors (Lipinski definition) is 0. The second-order valence-corrected chi connectivity index (χ2v) is 6.38. The summed E-state index contributed by atoms with van der Waals surface area (Å²) in [5, 5.41) is 13.4. The molecule has 1 aliphatic heterocycles. The largest absolute Gasteiger partial charge is 0.459 e. The van der Waals surface area contributed by atoms with E-state index in [4.69, 9.17) is 13.4 Å². The molecule has 0 aromatic carbocycles. The van der Waals surface area contributed by atoms with Gasteiger partial charge in [0.2, 0.25) is 17.5 Å². The molecule has 0 unspecified atom stereocenters. The fourth-order valence-electron chi connectivity index (χ4n) is 3.08. The second-order valence-electron chi connectivity index (χ2n) is 6.38. The van der Waals surface area contributed by atoms with Crippen LogP contribution in [-0.4, -0.2) is 46.2 Å². The van der Waals surface area contributed by atoms with Gasteiger partial charge in [-0.1, -0.05) is 12.1 Å². The van der Waals surface area contributed by atoms with Crippen LogP contribution in [0.2, 0.25) is 0 Å². The highest BCUT2D eigenvalue weighted by molar-refractivity contribution is 5.55. The van der Waals surface area contributed by atoms with Crippen LogP contribution in [0.5, 0.6) is 0 Å². The first-order valence-electron chi connectivity index (χ1n) is 9.00. The maximum atomic E-state index is 9.38. The zero-order valence-electron chi connectivity index (χ0n) is 15.1. The van der Waals surface area contributed by atoms with Crippen molar-refractivity contribution in [2.45, 2.75) is 26.3 Å². The number of piperazine rings is 1. The Hall–Kier alpha value is -3.12. The van der Waals surface area contributed by atoms with Crippen molar-refractivity contribution in [2.24, 2.45) is 0 Å². The lowest BCUT2D eigenvalue weighted by Crippen LogP contribution is -2.46. The van der Waals surface area contributed by atoms with Gasteiger partial charge in [0.05, 0.1) is 12.8 Å². The molecule has 1 saturated heterocycles. The number of nitrogens with zero attached hydrogens (tertiary/aromatic N) is 6. The number of oxazole rings is 1. The first-order valence-corrected chi connectivity index (χ1v) is 9.00. The fourth-order valence-corrected chi connectivity index (χ4v) is 3.08. The topological polar surface area (TPSA) is 108 Å². The summed E-state index contributed by atoms with van der Waals surface area (Å²) in [4.78, 5) is 12.9. The fraction of sp³-hybridized carbons (Fsp3) is 0.444. The zero-order valence-corrected chi connectivity index (χ0v) is 15.1. The van der Waals surface area contributed by atoms with Crippen LogP contribution in [0.3, 0.4) is 0 Å². The highest BCUT2D eigenvalue weighted by atomic mass is 16.5. The van der Waals surface area contributed by atoms with Crippen molar-refractivity contribution in [3.63, 3.8) is 0 Å². The smallest absolute Gasteiger partial charge is 0.266 e. The maximum absolute atomic E-state index is 9.38. The molecule has 1 aliphatic rings. The Kier molecular flexibility index (Phi) is 4.89. The Balaban J connectivity index is 1.39. The summed E-state index contributed by atoms with van der Waals surface area (Å²) in [7, 11) is 0. The molecule has 9 heteroatoms. The number of aromatic nitrogens is 3. The van der Waals surface area contributed by atoms with Crippen LogP contribution in [0, 0.1) is 11.3 Å². The molecule has 3 aromatic heterocycles. The molecule has 0 atom stereocenters. The van der Waals surface area contributed by atoms with Gasteiger partial charge in [0.25, 0.3) is 5.89 Å². The van der Waals surface area contributed by atoms with Gasteiger partial charge in [0, 0.05) is 32.6 Å². The van der Waals surface area contributed by atoms with Crippen molar-refractivity contribution in [3.8, 4) is 17.7 Å². The minimum Gasteiger partial charge on any atom is -0.459 e. The third-order valence-corrected chi connectivity index (χ3v) is 4.45. The van der Waals surface area contributed by atoms with Gasteiger partial charge in [-0.05, 0) is 18.6 Å². The van der Waals surface area contributed by atoms with Crippen LogP contribution in [-0.2, 0) is 13.0 Å². The summed E-state index contributed by atoms with van der Waals surface area (Å²) < 4.78 is 16.4. The maximum Gasteiger partial charge on any atom is 0.266 e. The van der Waals surface area contributed by atoms with Crippen molar-refractivity contribution in [1.29, 1.82) is 5.26 Å². The van der Waals surface area contributed by atoms with E-state index >= 15 is 0 Å². The van der Waals surface area contributed by atoms with Crippen LogP contribution in [0.25, 0.3) is 11.7 Å². The summed E-state index contributed by atoms with van der Waals surface area (Å²) in [5.41, 5.74) is 0.274. The molecule has 0 amide bonds. The molecule has 0 radical (unpaired) electrons. The Bertz CT molecular complexity index is 915. The summed E-state index contributed by atoms with van der Waals surface area (Å²) in [5.74, 6) is 2.73. The predicted octanol–water partition coefficient (Wildman–Crippen LogP) is 2.46. The lowest BCUT2D eigenvalue weighted by Gasteiger charge is -2.33. The quantitative estimate of drug-likeness (QED) is 0.648. The lowest BCUT2D eigenvalue weighted by molar-refractivity contribution is 0.213. The van der Waals surface area contributed by atoms with E-state index < -0.39 is 0 Å². The minimum absolute atomic E-state index is 0.274. The van der Waals surface area contributed by atoms with Gasteiger partial charge in [-0.3, -0.25) is 4.90 Å². The Morgan fingerprint density at radius 2 is 2.07 bits per heavy atom. The molecule has 0 saturated carbocycles. The SMILES string of the molecule is CCCc1noc(CN2CCN(c3oc(-c4ccco4)nc3C#N)CC2)n1. The molecule has 0 bridgehead atoms. The highest BCUT2D eigenvalue weighted by Crippen LogP contribution is 2.29. The normalized spacial score (nSPS) is 15.2. The molecule has 1 fully saturated rings. The van der Waals surface area contributed by atoms with Crippen molar-refractivity contribution in [2.75, 3.05) is 31.1 Å². The molecule has 9 nitrogen and oxygen atoms in total. The van der Waals surface area contributed by atoms with E-state index in [1.165, 1.54) is 0 Å². The first-order chi connectivity index (χ1) is 13.3. The van der Waals surface area contributed by atoms with E-state index in [1.54, 1.807) is 18.4 Å². The average molecular weight is 368 g/mol. The van der Waals surface area contributed by atoms with Gasteiger partial charge in [-0.15, -0.1) is 0 Å². The second kappa shape index (κ2) is 7.63. The highest BCUT2D eigenvalue weighted by Gasteiger charge is 2.26. The molecular formula is C18H20N6O3. The summed E-state index contributed by atoms with van der Waals surface area (Å²) in [6, 6.07) is 5.62. The molecule has 0 aliphatic carbocycles. The van der Waals surface area contributed by atoms with Gasteiger partial charge < -0.3 is 18.3 Å². The predicted molar refractivity (Wildman–Crippen MR) is 94.7 cm³/mol. The third kappa shape index (κ3) is 3.71. The van der Waals surface area contributed by atoms with E-state index in [0.29, 0.717) is 30.0 Å². The first kappa shape index (κ1) is 17.3. The minimum atomic E-state index is 0.274. The zero-order chi connectivity index (χ0) is 18.6. The number of rotatable bonds is 6. The summed E-state index contributed by atoms with van der Waals surface area (Å²) in [6.45, 7) is 5.75.